The monoisotopic (exact) mass is 353 g/mol. The topological polar surface area (TPSA) is 54.2 Å². The molecule has 0 saturated heterocycles. The first kappa shape index (κ1) is 17.9. The highest BCUT2D eigenvalue weighted by molar-refractivity contribution is 5.79. The Morgan fingerprint density at radius 3 is 2.65 bits per heavy atom. The van der Waals surface area contributed by atoms with E-state index in [1.165, 1.54) is 17.6 Å². The van der Waals surface area contributed by atoms with Crippen LogP contribution in [-0.2, 0) is 13.1 Å². The highest BCUT2D eigenvalue weighted by atomic mass is 19.1. The summed E-state index contributed by atoms with van der Waals surface area (Å²) < 4.78 is 15.2. The van der Waals surface area contributed by atoms with E-state index in [-0.39, 0.29) is 5.82 Å². The number of nitrogens with zero attached hydrogens (tertiary/aromatic N) is 3. The zero-order valence-corrected chi connectivity index (χ0v) is 15.2. The molecule has 3 rings (SSSR count). The third-order valence-electron chi connectivity index (χ3n) is 4.29. The van der Waals surface area contributed by atoms with Gasteiger partial charge in [0.05, 0.1) is 11.0 Å². The summed E-state index contributed by atoms with van der Waals surface area (Å²) in [5, 5.41) is 6.55. The Labute approximate surface area is 153 Å². The van der Waals surface area contributed by atoms with Crippen molar-refractivity contribution in [1.29, 1.82) is 0 Å². The summed E-state index contributed by atoms with van der Waals surface area (Å²) >= 11 is 0. The molecular formula is C20H24FN5. The molecule has 0 aliphatic carbocycles. The van der Waals surface area contributed by atoms with Crippen LogP contribution in [0.2, 0.25) is 0 Å². The van der Waals surface area contributed by atoms with Crippen LogP contribution in [0, 0.1) is 12.7 Å². The number of aromatic nitrogens is 2. The van der Waals surface area contributed by atoms with Crippen LogP contribution >= 0.6 is 0 Å². The molecule has 0 saturated carbocycles. The van der Waals surface area contributed by atoms with E-state index in [9.17, 15) is 4.39 Å². The number of aryl methyl sites for hydroxylation is 2. The van der Waals surface area contributed by atoms with Crippen LogP contribution in [0.5, 0.6) is 0 Å². The molecule has 0 spiro atoms. The zero-order chi connectivity index (χ0) is 18.4. The number of aliphatic imine (C=N–C) groups is 1. The fourth-order valence-corrected chi connectivity index (χ4v) is 2.93. The number of hydrogen-bond acceptors (Lipinski definition) is 2. The summed E-state index contributed by atoms with van der Waals surface area (Å²) in [5.41, 5.74) is 3.22. The molecule has 0 unspecified atom stereocenters. The molecule has 2 aromatic carbocycles. The van der Waals surface area contributed by atoms with E-state index in [1.807, 2.05) is 25.1 Å². The maximum atomic E-state index is 12.9. The Morgan fingerprint density at radius 2 is 1.88 bits per heavy atom. The smallest absolute Gasteiger partial charge is 0.191 e. The largest absolute Gasteiger partial charge is 0.356 e. The molecule has 136 valence electrons. The molecule has 6 heteroatoms. The third kappa shape index (κ3) is 4.39. The highest BCUT2D eigenvalue weighted by Crippen LogP contribution is 2.15. The minimum atomic E-state index is -0.224. The second-order valence-electron chi connectivity index (χ2n) is 6.13. The lowest BCUT2D eigenvalue weighted by Crippen LogP contribution is -2.37. The molecule has 0 radical (unpaired) electrons. The SMILES string of the molecule is CN=C(NCCCn1c(C)nc2ccccc21)NCc1ccc(F)cc1. The van der Waals surface area contributed by atoms with E-state index in [0.717, 1.165) is 42.4 Å². The van der Waals surface area contributed by atoms with Gasteiger partial charge in [0.2, 0.25) is 0 Å². The van der Waals surface area contributed by atoms with Crippen molar-refractivity contribution in [2.24, 2.45) is 4.99 Å². The molecule has 3 aromatic rings. The molecule has 0 fully saturated rings. The number of imidazole rings is 1. The van der Waals surface area contributed by atoms with Crippen molar-refractivity contribution in [1.82, 2.24) is 20.2 Å². The summed E-state index contributed by atoms with van der Waals surface area (Å²) in [6, 6.07) is 14.7. The van der Waals surface area contributed by atoms with Crippen molar-refractivity contribution in [2.75, 3.05) is 13.6 Å². The molecule has 0 aliphatic heterocycles. The minimum absolute atomic E-state index is 0.224. The lowest BCUT2D eigenvalue weighted by Gasteiger charge is -2.13. The maximum absolute atomic E-state index is 12.9. The van der Waals surface area contributed by atoms with Gasteiger partial charge < -0.3 is 15.2 Å². The van der Waals surface area contributed by atoms with Gasteiger partial charge in [-0.2, -0.15) is 0 Å². The number of hydrogen-bond donors (Lipinski definition) is 2. The number of nitrogens with one attached hydrogen (secondary N) is 2. The van der Waals surface area contributed by atoms with Crippen LogP contribution in [-0.4, -0.2) is 29.1 Å². The van der Waals surface area contributed by atoms with Crippen LogP contribution in [0.25, 0.3) is 11.0 Å². The van der Waals surface area contributed by atoms with Gasteiger partial charge in [-0.25, -0.2) is 9.37 Å². The molecule has 5 nitrogen and oxygen atoms in total. The quantitative estimate of drug-likeness (QED) is 0.406. The van der Waals surface area contributed by atoms with Crippen molar-refractivity contribution in [2.45, 2.75) is 26.4 Å². The fraction of sp³-hybridized carbons (Fsp3) is 0.300. The summed E-state index contributed by atoms with van der Waals surface area (Å²) in [6.07, 6.45) is 0.957. The van der Waals surface area contributed by atoms with Crippen molar-refractivity contribution in [3.63, 3.8) is 0 Å². The van der Waals surface area contributed by atoms with E-state index < -0.39 is 0 Å². The summed E-state index contributed by atoms with van der Waals surface area (Å²) in [5.74, 6) is 1.55. The number of halogens is 1. The number of fused-ring (bicyclic) bond motifs is 1. The van der Waals surface area contributed by atoms with Gasteiger partial charge in [-0.3, -0.25) is 4.99 Å². The first-order valence-corrected chi connectivity index (χ1v) is 8.78. The first-order valence-electron chi connectivity index (χ1n) is 8.78. The average molecular weight is 353 g/mol. The number of guanidine groups is 1. The molecule has 1 heterocycles. The Bertz CT molecular complexity index is 883. The second-order valence-corrected chi connectivity index (χ2v) is 6.13. The Kier molecular flexibility index (Phi) is 5.84. The third-order valence-corrected chi connectivity index (χ3v) is 4.29. The maximum Gasteiger partial charge on any atom is 0.191 e. The van der Waals surface area contributed by atoms with Crippen LogP contribution in [0.15, 0.2) is 53.5 Å². The standard InChI is InChI=1S/C20H24FN5/c1-15-25-18-6-3-4-7-19(18)26(15)13-5-12-23-20(22-2)24-14-16-8-10-17(21)11-9-16/h3-4,6-11H,5,12-14H2,1-2H3,(H2,22,23,24). The summed E-state index contributed by atoms with van der Waals surface area (Å²) in [4.78, 5) is 8.82. The number of rotatable bonds is 6. The van der Waals surface area contributed by atoms with E-state index in [0.29, 0.717) is 6.54 Å². The van der Waals surface area contributed by atoms with Gasteiger partial charge in [0, 0.05) is 26.7 Å². The first-order chi connectivity index (χ1) is 12.7. The van der Waals surface area contributed by atoms with Crippen LogP contribution < -0.4 is 10.6 Å². The van der Waals surface area contributed by atoms with Crippen molar-refractivity contribution in [3.05, 3.63) is 65.7 Å². The van der Waals surface area contributed by atoms with E-state index >= 15 is 0 Å². The lowest BCUT2D eigenvalue weighted by molar-refractivity contribution is 0.623. The minimum Gasteiger partial charge on any atom is -0.356 e. The van der Waals surface area contributed by atoms with Gasteiger partial charge in [0.1, 0.15) is 11.6 Å². The molecule has 0 amide bonds. The fourth-order valence-electron chi connectivity index (χ4n) is 2.93. The summed E-state index contributed by atoms with van der Waals surface area (Å²) in [7, 11) is 1.74. The van der Waals surface area contributed by atoms with Crippen molar-refractivity contribution >= 4 is 17.0 Å². The number of benzene rings is 2. The molecule has 0 aliphatic rings. The number of para-hydroxylation sites is 2. The Hall–Kier alpha value is -2.89. The molecule has 2 N–H and O–H groups in total. The molecular weight excluding hydrogens is 329 g/mol. The van der Waals surface area contributed by atoms with E-state index in [4.69, 9.17) is 0 Å². The van der Waals surface area contributed by atoms with E-state index in [1.54, 1.807) is 19.2 Å². The average Bonchev–Trinajstić information content (AvgIpc) is 2.98. The highest BCUT2D eigenvalue weighted by Gasteiger charge is 2.06. The van der Waals surface area contributed by atoms with Crippen LogP contribution in [0.1, 0.15) is 17.8 Å². The van der Waals surface area contributed by atoms with Crippen LogP contribution in [0.4, 0.5) is 4.39 Å². The second kappa shape index (κ2) is 8.47. The molecule has 1 aromatic heterocycles. The van der Waals surface area contributed by atoms with Gasteiger partial charge in [-0.15, -0.1) is 0 Å². The predicted molar refractivity (Wildman–Crippen MR) is 104 cm³/mol. The van der Waals surface area contributed by atoms with E-state index in [2.05, 4.69) is 31.2 Å². The summed E-state index contributed by atoms with van der Waals surface area (Å²) in [6.45, 7) is 4.34. The van der Waals surface area contributed by atoms with Gasteiger partial charge in [-0.05, 0) is 43.2 Å². The van der Waals surface area contributed by atoms with Crippen molar-refractivity contribution < 1.29 is 4.39 Å². The Balaban J connectivity index is 1.47. The van der Waals surface area contributed by atoms with Gasteiger partial charge in [0.15, 0.2) is 5.96 Å². The van der Waals surface area contributed by atoms with Crippen LogP contribution in [0.3, 0.4) is 0 Å². The predicted octanol–water partition coefficient (Wildman–Crippen LogP) is 3.24. The normalized spacial score (nSPS) is 11.7. The zero-order valence-electron chi connectivity index (χ0n) is 15.2. The Morgan fingerprint density at radius 1 is 1.12 bits per heavy atom. The molecule has 0 atom stereocenters. The molecule has 0 bridgehead atoms. The lowest BCUT2D eigenvalue weighted by atomic mass is 10.2. The van der Waals surface area contributed by atoms with Gasteiger partial charge in [-0.1, -0.05) is 24.3 Å². The molecule has 26 heavy (non-hydrogen) atoms. The van der Waals surface area contributed by atoms with Gasteiger partial charge in [0.25, 0.3) is 0 Å². The van der Waals surface area contributed by atoms with Crippen molar-refractivity contribution in [3.8, 4) is 0 Å². The van der Waals surface area contributed by atoms with Gasteiger partial charge >= 0.3 is 0 Å².